The molecule has 18 heavy (non-hydrogen) atoms. The number of ether oxygens (including phenoxy) is 2. The van der Waals surface area contributed by atoms with Crippen molar-refractivity contribution in [2.75, 3.05) is 13.7 Å². The van der Waals surface area contributed by atoms with Crippen LogP contribution < -0.4 is 14.8 Å². The fourth-order valence-corrected chi connectivity index (χ4v) is 1.49. The van der Waals surface area contributed by atoms with Crippen LogP contribution in [0, 0.1) is 0 Å². The van der Waals surface area contributed by atoms with Crippen LogP contribution in [0.25, 0.3) is 0 Å². The monoisotopic (exact) mass is 251 g/mol. The van der Waals surface area contributed by atoms with Crippen molar-refractivity contribution in [1.82, 2.24) is 5.32 Å². The van der Waals surface area contributed by atoms with Crippen molar-refractivity contribution >= 4 is 5.91 Å². The first-order chi connectivity index (χ1) is 8.61. The van der Waals surface area contributed by atoms with Gasteiger partial charge in [-0.2, -0.15) is 0 Å². The zero-order valence-electron chi connectivity index (χ0n) is 11.2. The third-order valence-electron chi connectivity index (χ3n) is 2.33. The Hall–Kier alpha value is -1.71. The average Bonchev–Trinajstić information content (AvgIpc) is 2.34. The SMILES string of the molecule is COc1ccc(OCCCC(=O)NC(C)C)cc1. The fraction of sp³-hybridized carbons (Fsp3) is 0.500. The molecule has 4 heteroatoms. The Morgan fingerprint density at radius 1 is 1.22 bits per heavy atom. The molecule has 1 aromatic carbocycles. The van der Waals surface area contributed by atoms with E-state index >= 15 is 0 Å². The Bertz CT molecular complexity index is 360. The minimum absolute atomic E-state index is 0.0725. The van der Waals surface area contributed by atoms with Gasteiger partial charge in [0.2, 0.25) is 5.91 Å². The number of hydrogen-bond acceptors (Lipinski definition) is 3. The number of carbonyl (C=O) groups is 1. The average molecular weight is 251 g/mol. The first kappa shape index (κ1) is 14.4. The molecule has 100 valence electrons. The molecule has 1 amide bonds. The van der Waals surface area contributed by atoms with E-state index in [4.69, 9.17) is 9.47 Å². The van der Waals surface area contributed by atoms with Crippen LogP contribution in [-0.4, -0.2) is 25.7 Å². The standard InChI is InChI=1S/C14H21NO3/c1-11(2)15-14(16)5-4-10-18-13-8-6-12(17-3)7-9-13/h6-9,11H,4-5,10H2,1-3H3,(H,15,16). The number of nitrogens with one attached hydrogen (secondary N) is 1. The second kappa shape index (κ2) is 7.58. The molecule has 0 spiro atoms. The van der Waals surface area contributed by atoms with Gasteiger partial charge in [-0.3, -0.25) is 4.79 Å². The lowest BCUT2D eigenvalue weighted by atomic mass is 10.3. The van der Waals surface area contributed by atoms with Gasteiger partial charge in [-0.05, 0) is 44.5 Å². The molecule has 0 heterocycles. The van der Waals surface area contributed by atoms with E-state index in [1.54, 1.807) is 7.11 Å². The summed E-state index contributed by atoms with van der Waals surface area (Å²) in [7, 11) is 1.63. The van der Waals surface area contributed by atoms with Gasteiger partial charge in [0.1, 0.15) is 11.5 Å². The molecular formula is C14H21NO3. The predicted molar refractivity (Wildman–Crippen MR) is 71.0 cm³/mol. The molecular weight excluding hydrogens is 230 g/mol. The molecule has 1 aromatic rings. The van der Waals surface area contributed by atoms with Gasteiger partial charge in [0.15, 0.2) is 0 Å². The highest BCUT2D eigenvalue weighted by Crippen LogP contribution is 2.17. The predicted octanol–water partition coefficient (Wildman–Crippen LogP) is 2.38. The van der Waals surface area contributed by atoms with Crippen molar-refractivity contribution in [3.8, 4) is 11.5 Å². The van der Waals surface area contributed by atoms with Gasteiger partial charge in [-0.25, -0.2) is 0 Å². The lowest BCUT2D eigenvalue weighted by Crippen LogP contribution is -2.30. The van der Waals surface area contributed by atoms with E-state index in [1.165, 1.54) is 0 Å². The van der Waals surface area contributed by atoms with E-state index in [0.717, 1.165) is 11.5 Å². The van der Waals surface area contributed by atoms with Gasteiger partial charge < -0.3 is 14.8 Å². The van der Waals surface area contributed by atoms with Gasteiger partial charge in [-0.1, -0.05) is 0 Å². The smallest absolute Gasteiger partial charge is 0.220 e. The Morgan fingerprint density at radius 2 is 1.83 bits per heavy atom. The van der Waals surface area contributed by atoms with E-state index < -0.39 is 0 Å². The molecule has 0 atom stereocenters. The summed E-state index contributed by atoms with van der Waals surface area (Å²) >= 11 is 0. The van der Waals surface area contributed by atoms with Crippen LogP contribution in [0.4, 0.5) is 0 Å². The van der Waals surface area contributed by atoms with Crippen LogP contribution in [-0.2, 0) is 4.79 Å². The zero-order valence-corrected chi connectivity index (χ0v) is 11.2. The first-order valence-corrected chi connectivity index (χ1v) is 6.18. The summed E-state index contributed by atoms with van der Waals surface area (Å²) in [6.07, 6.45) is 1.21. The summed E-state index contributed by atoms with van der Waals surface area (Å²) in [5.41, 5.74) is 0. The van der Waals surface area contributed by atoms with Gasteiger partial charge in [0.25, 0.3) is 0 Å². The first-order valence-electron chi connectivity index (χ1n) is 6.18. The summed E-state index contributed by atoms with van der Waals surface area (Å²) < 4.78 is 10.6. The van der Waals surface area contributed by atoms with Crippen molar-refractivity contribution in [1.29, 1.82) is 0 Å². The maximum Gasteiger partial charge on any atom is 0.220 e. The van der Waals surface area contributed by atoms with Crippen LogP contribution in [0.1, 0.15) is 26.7 Å². The normalized spacial score (nSPS) is 10.2. The van der Waals surface area contributed by atoms with Crippen molar-refractivity contribution in [2.45, 2.75) is 32.7 Å². The molecule has 0 saturated heterocycles. The highest BCUT2D eigenvalue weighted by Gasteiger charge is 2.03. The number of methoxy groups -OCH3 is 1. The van der Waals surface area contributed by atoms with E-state index in [0.29, 0.717) is 19.4 Å². The molecule has 1 N–H and O–H groups in total. The Kier molecular flexibility index (Phi) is 6.05. The topological polar surface area (TPSA) is 47.6 Å². The summed E-state index contributed by atoms with van der Waals surface area (Å²) in [4.78, 5) is 11.4. The van der Waals surface area contributed by atoms with Gasteiger partial charge in [0.05, 0.1) is 13.7 Å². The molecule has 0 aromatic heterocycles. The van der Waals surface area contributed by atoms with Crippen LogP contribution in [0.3, 0.4) is 0 Å². The number of benzene rings is 1. The van der Waals surface area contributed by atoms with Crippen molar-refractivity contribution < 1.29 is 14.3 Å². The maximum absolute atomic E-state index is 11.4. The molecule has 0 aliphatic carbocycles. The summed E-state index contributed by atoms with van der Waals surface area (Å²) in [6.45, 7) is 4.44. The third kappa shape index (κ3) is 5.57. The highest BCUT2D eigenvalue weighted by molar-refractivity contribution is 5.76. The van der Waals surface area contributed by atoms with Crippen LogP contribution in [0.2, 0.25) is 0 Å². The molecule has 0 fully saturated rings. The van der Waals surface area contributed by atoms with Gasteiger partial charge >= 0.3 is 0 Å². The molecule has 1 rings (SSSR count). The van der Waals surface area contributed by atoms with Crippen molar-refractivity contribution in [3.05, 3.63) is 24.3 Å². The minimum Gasteiger partial charge on any atom is -0.497 e. The Morgan fingerprint density at radius 3 is 2.39 bits per heavy atom. The van der Waals surface area contributed by atoms with Crippen LogP contribution >= 0.6 is 0 Å². The van der Waals surface area contributed by atoms with Gasteiger partial charge in [-0.15, -0.1) is 0 Å². The molecule has 0 radical (unpaired) electrons. The van der Waals surface area contributed by atoms with E-state index in [2.05, 4.69) is 5.32 Å². The van der Waals surface area contributed by atoms with E-state index in [-0.39, 0.29) is 11.9 Å². The van der Waals surface area contributed by atoms with Crippen LogP contribution in [0.15, 0.2) is 24.3 Å². The number of carbonyl (C=O) groups excluding carboxylic acids is 1. The van der Waals surface area contributed by atoms with E-state index in [9.17, 15) is 4.79 Å². The number of rotatable bonds is 7. The Balaban J connectivity index is 2.19. The van der Waals surface area contributed by atoms with Crippen molar-refractivity contribution in [3.63, 3.8) is 0 Å². The minimum atomic E-state index is 0.0725. The zero-order chi connectivity index (χ0) is 13.4. The molecule has 0 aliphatic rings. The molecule has 4 nitrogen and oxygen atoms in total. The summed E-state index contributed by atoms with van der Waals surface area (Å²) in [5.74, 6) is 1.67. The second-order valence-electron chi connectivity index (χ2n) is 4.35. The van der Waals surface area contributed by atoms with Crippen molar-refractivity contribution in [2.24, 2.45) is 0 Å². The van der Waals surface area contributed by atoms with Crippen LogP contribution in [0.5, 0.6) is 11.5 Å². The summed E-state index contributed by atoms with van der Waals surface area (Å²) in [5, 5.41) is 2.85. The lowest BCUT2D eigenvalue weighted by molar-refractivity contribution is -0.121. The van der Waals surface area contributed by atoms with E-state index in [1.807, 2.05) is 38.1 Å². The number of amides is 1. The number of hydrogen-bond donors (Lipinski definition) is 1. The lowest BCUT2D eigenvalue weighted by Gasteiger charge is -2.09. The largest absolute Gasteiger partial charge is 0.497 e. The third-order valence-corrected chi connectivity index (χ3v) is 2.33. The quantitative estimate of drug-likeness (QED) is 0.757. The van der Waals surface area contributed by atoms with Gasteiger partial charge in [0, 0.05) is 12.5 Å². The fourth-order valence-electron chi connectivity index (χ4n) is 1.49. The molecule has 0 aliphatic heterocycles. The Labute approximate surface area is 108 Å². The summed E-state index contributed by atoms with van der Waals surface area (Å²) in [6, 6.07) is 7.60. The molecule has 0 unspecified atom stereocenters. The molecule has 0 bridgehead atoms. The molecule has 0 saturated carbocycles. The second-order valence-corrected chi connectivity index (χ2v) is 4.35. The highest BCUT2D eigenvalue weighted by atomic mass is 16.5. The maximum atomic E-state index is 11.4.